The third-order valence-corrected chi connectivity index (χ3v) is 0.300. The fourth-order valence-electron chi connectivity index (χ4n) is 0. The molecule has 0 radical (unpaired) electrons. The second kappa shape index (κ2) is 4.18. The van der Waals surface area contributed by atoms with Gasteiger partial charge in [-0.25, -0.2) is 4.48 Å². The van der Waals surface area contributed by atoms with Gasteiger partial charge in [-0.2, -0.15) is 0 Å². The predicted octanol–water partition coefficient (Wildman–Crippen LogP) is 1.47. The van der Waals surface area contributed by atoms with Gasteiger partial charge in [0.25, 0.3) is 0 Å². The zero-order valence-electron chi connectivity index (χ0n) is 6.48. The largest absolute Gasteiger partial charge is 0.673 e. The van der Waals surface area contributed by atoms with Crippen LogP contribution in [0.2, 0.25) is 0 Å². The van der Waals surface area contributed by atoms with Crippen molar-refractivity contribution >= 4 is 7.25 Å². The van der Waals surface area contributed by atoms with Crippen LogP contribution in [0.1, 0.15) is 0 Å². The highest BCUT2D eigenvalue weighted by Gasteiger charge is 2.20. The van der Waals surface area contributed by atoms with Gasteiger partial charge in [-0.05, 0) is 0 Å². The quantitative estimate of drug-likeness (QED) is 0.235. The molecule has 0 aliphatic carbocycles. The normalized spacial score (nSPS) is 11.1. The summed E-state index contributed by atoms with van der Waals surface area (Å²) in [6.07, 6.45) is 2.04. The van der Waals surface area contributed by atoms with Crippen LogP contribution in [-0.4, -0.2) is 32.9 Å². The van der Waals surface area contributed by atoms with E-state index in [4.69, 9.17) is 5.26 Å². The molecule has 0 N–H and O–H groups in total. The maximum absolute atomic E-state index is 9.75. The molecule has 0 unspecified atom stereocenters. The van der Waals surface area contributed by atoms with E-state index in [1.165, 1.54) is 0 Å². The van der Waals surface area contributed by atoms with Crippen molar-refractivity contribution in [3.05, 3.63) is 0 Å². The molecule has 0 rings (SSSR count). The Labute approximate surface area is 62.7 Å². The van der Waals surface area contributed by atoms with E-state index in [1.54, 1.807) is 0 Å². The summed E-state index contributed by atoms with van der Waals surface area (Å²) in [5, 5.41) is 8.12. The van der Waals surface area contributed by atoms with Gasteiger partial charge >= 0.3 is 13.4 Å². The van der Waals surface area contributed by atoms with E-state index in [0.29, 0.717) is 4.48 Å². The summed E-state index contributed by atoms with van der Waals surface area (Å²) in [5.41, 5.74) is 0. The van der Waals surface area contributed by atoms with E-state index in [0.717, 1.165) is 0 Å². The summed E-state index contributed by atoms with van der Waals surface area (Å²) in [7, 11) is -0.542. The minimum absolute atomic E-state index is 0.375. The summed E-state index contributed by atoms with van der Waals surface area (Å²) in [4.78, 5) is 0. The lowest BCUT2D eigenvalue weighted by atomic mass is 10.3. The van der Waals surface area contributed by atoms with E-state index < -0.39 is 7.25 Å². The van der Waals surface area contributed by atoms with Crippen molar-refractivity contribution in [3.8, 4) is 6.19 Å². The molecule has 2 nitrogen and oxygen atoms in total. The van der Waals surface area contributed by atoms with Gasteiger partial charge in [0.05, 0.1) is 21.1 Å². The SMILES string of the molecule is C[N+](C)(C)C#N.F[B-](F)(F)F. The Hall–Kier alpha value is -0.765. The monoisotopic (exact) mass is 172 g/mol. The smallest absolute Gasteiger partial charge is 0.418 e. The van der Waals surface area contributed by atoms with Gasteiger partial charge in [-0.3, -0.25) is 0 Å². The molecule has 0 spiro atoms. The lowest BCUT2D eigenvalue weighted by molar-refractivity contribution is -0.802. The molecule has 0 aromatic carbocycles. The van der Waals surface area contributed by atoms with Crippen LogP contribution >= 0.6 is 0 Å². The van der Waals surface area contributed by atoms with Crippen LogP contribution in [-0.2, 0) is 0 Å². The van der Waals surface area contributed by atoms with E-state index >= 15 is 0 Å². The van der Waals surface area contributed by atoms with E-state index in [9.17, 15) is 17.3 Å². The highest BCUT2D eigenvalue weighted by Crippen LogP contribution is 2.06. The van der Waals surface area contributed by atoms with Crippen LogP contribution in [0.3, 0.4) is 0 Å². The first-order chi connectivity index (χ1) is 4.56. The number of rotatable bonds is 0. The summed E-state index contributed by atoms with van der Waals surface area (Å²) in [6, 6.07) is 0. The Balaban J connectivity index is 0. The first-order valence-corrected chi connectivity index (χ1v) is 2.66. The third kappa shape index (κ3) is 96.8. The highest BCUT2D eigenvalue weighted by atomic mass is 19.5. The molecule has 0 atom stereocenters. The first-order valence-electron chi connectivity index (χ1n) is 2.66. The number of quaternary nitrogens is 1. The van der Waals surface area contributed by atoms with Crippen molar-refractivity contribution in [1.29, 1.82) is 5.26 Å². The minimum Gasteiger partial charge on any atom is -0.418 e. The van der Waals surface area contributed by atoms with E-state index in [1.807, 2.05) is 27.3 Å². The molecule has 0 saturated heterocycles. The maximum atomic E-state index is 9.75. The second-order valence-electron chi connectivity index (χ2n) is 2.61. The number of halogens is 4. The lowest BCUT2D eigenvalue weighted by Gasteiger charge is -2.07. The minimum atomic E-state index is -6.00. The number of hydrogen-bond donors (Lipinski definition) is 0. The summed E-state index contributed by atoms with van der Waals surface area (Å²) >= 11 is 0. The van der Waals surface area contributed by atoms with Gasteiger partial charge in [-0.1, -0.05) is 0 Å². The molecule has 0 aromatic rings. The van der Waals surface area contributed by atoms with Gasteiger partial charge in [-0.15, -0.1) is 5.26 Å². The van der Waals surface area contributed by atoms with Crippen LogP contribution in [0.15, 0.2) is 0 Å². The maximum Gasteiger partial charge on any atom is 0.673 e. The van der Waals surface area contributed by atoms with Gasteiger partial charge in [0.1, 0.15) is 0 Å². The third-order valence-electron chi connectivity index (χ3n) is 0.300. The molecule has 0 aliphatic rings. The first kappa shape index (κ1) is 12.9. The Morgan fingerprint density at radius 3 is 1.18 bits per heavy atom. The fraction of sp³-hybridized carbons (Fsp3) is 0.750. The predicted molar refractivity (Wildman–Crippen MR) is 33.8 cm³/mol. The summed E-state index contributed by atoms with van der Waals surface area (Å²) < 4.78 is 39.4. The average molecular weight is 172 g/mol. The molecule has 0 fully saturated rings. The molecule has 0 heterocycles. The van der Waals surface area contributed by atoms with Crippen LogP contribution in [0.5, 0.6) is 0 Å². The molecule has 0 aliphatic heterocycles. The molecule has 0 saturated carbocycles. The fourth-order valence-corrected chi connectivity index (χ4v) is 0. The standard InChI is InChI=1S/C4H9N2.BF4/c1-6(2,3)4-5;2-1(3,4)5/h1-3H3;/q+1;-1. The molecule has 0 amide bonds. The molecule has 0 aromatic heterocycles. The van der Waals surface area contributed by atoms with Crippen LogP contribution in [0.4, 0.5) is 17.3 Å². The van der Waals surface area contributed by atoms with Crippen LogP contribution in [0.25, 0.3) is 0 Å². The van der Waals surface area contributed by atoms with Crippen molar-refractivity contribution < 1.29 is 21.7 Å². The molecular weight excluding hydrogens is 163 g/mol. The van der Waals surface area contributed by atoms with E-state index in [-0.39, 0.29) is 0 Å². The Morgan fingerprint density at radius 1 is 1.09 bits per heavy atom. The van der Waals surface area contributed by atoms with Gasteiger partial charge < -0.3 is 17.3 Å². The highest BCUT2D eigenvalue weighted by molar-refractivity contribution is 6.50. The summed E-state index contributed by atoms with van der Waals surface area (Å²) in [5.74, 6) is 0. The van der Waals surface area contributed by atoms with Crippen LogP contribution < -0.4 is 0 Å². The van der Waals surface area contributed by atoms with Crippen molar-refractivity contribution in [1.82, 2.24) is 0 Å². The molecule has 66 valence electrons. The molecule has 7 heteroatoms. The lowest BCUT2D eigenvalue weighted by Crippen LogP contribution is -2.26. The zero-order valence-corrected chi connectivity index (χ0v) is 6.48. The van der Waals surface area contributed by atoms with Crippen molar-refractivity contribution in [3.63, 3.8) is 0 Å². The van der Waals surface area contributed by atoms with Gasteiger partial charge in [0.15, 0.2) is 0 Å². The van der Waals surface area contributed by atoms with Gasteiger partial charge in [0, 0.05) is 0 Å². The summed E-state index contributed by atoms with van der Waals surface area (Å²) in [6.45, 7) is 0. The number of nitriles is 1. The topological polar surface area (TPSA) is 23.8 Å². The number of hydrogen-bond acceptors (Lipinski definition) is 1. The molecule has 11 heavy (non-hydrogen) atoms. The number of nitrogens with zero attached hydrogens (tertiary/aromatic N) is 2. The second-order valence-corrected chi connectivity index (χ2v) is 2.61. The Morgan fingerprint density at radius 2 is 1.18 bits per heavy atom. The zero-order chi connectivity index (χ0) is 9.71. The van der Waals surface area contributed by atoms with Crippen molar-refractivity contribution in [2.75, 3.05) is 21.1 Å². The van der Waals surface area contributed by atoms with Crippen molar-refractivity contribution in [2.45, 2.75) is 0 Å². The van der Waals surface area contributed by atoms with Crippen LogP contribution in [0, 0.1) is 11.5 Å². The average Bonchev–Trinajstić information content (AvgIpc) is 1.59. The van der Waals surface area contributed by atoms with Gasteiger partial charge in [0.2, 0.25) is 0 Å². The van der Waals surface area contributed by atoms with Crippen molar-refractivity contribution in [2.24, 2.45) is 0 Å². The molecule has 0 bridgehead atoms. The van der Waals surface area contributed by atoms with E-state index in [2.05, 4.69) is 0 Å². The Kier molecular flexibility index (Phi) is 4.90. The Bertz CT molecular complexity index is 136. The molecular formula is C4H9BF4N2.